The number of imide groups is 1. The average Bonchev–Trinajstić information content (AvgIpc) is 3.06. The highest BCUT2D eigenvalue weighted by Crippen LogP contribution is 2.30. The van der Waals surface area contributed by atoms with Crippen LogP contribution in [0.4, 0.5) is 4.79 Å². The van der Waals surface area contributed by atoms with E-state index in [1.807, 2.05) is 0 Å². The van der Waals surface area contributed by atoms with E-state index in [1.165, 1.54) is 17.6 Å². The summed E-state index contributed by atoms with van der Waals surface area (Å²) in [5.74, 6) is -0.306. The van der Waals surface area contributed by atoms with Crippen LogP contribution in [0.2, 0.25) is 5.02 Å². The van der Waals surface area contributed by atoms with Gasteiger partial charge in [0.15, 0.2) is 0 Å². The van der Waals surface area contributed by atoms with E-state index in [1.54, 1.807) is 35.9 Å². The molecule has 0 saturated carbocycles. The number of hydrogen-bond acceptors (Lipinski definition) is 4. The second kappa shape index (κ2) is 5.42. The fourth-order valence-corrected chi connectivity index (χ4v) is 2.64. The summed E-state index contributed by atoms with van der Waals surface area (Å²) in [7, 11) is 0. The van der Waals surface area contributed by atoms with Crippen molar-refractivity contribution in [3.63, 3.8) is 0 Å². The quantitative estimate of drug-likeness (QED) is 0.864. The smallest absolute Gasteiger partial charge is 0.319 e. The number of benzene rings is 1. The Bertz CT molecular complexity index is 718. The lowest BCUT2D eigenvalue weighted by Gasteiger charge is -2.22. The van der Waals surface area contributed by atoms with Crippen molar-refractivity contribution in [2.75, 3.05) is 6.54 Å². The van der Waals surface area contributed by atoms with Crippen LogP contribution in [0.5, 0.6) is 0 Å². The van der Waals surface area contributed by atoms with Crippen LogP contribution in [0.15, 0.2) is 36.9 Å². The molecule has 1 aliphatic rings. The van der Waals surface area contributed by atoms with Crippen LogP contribution in [0, 0.1) is 0 Å². The first-order valence-corrected chi connectivity index (χ1v) is 7.11. The predicted octanol–water partition coefficient (Wildman–Crippen LogP) is 1.40. The Labute approximate surface area is 131 Å². The highest BCUT2D eigenvalue weighted by molar-refractivity contribution is 6.30. The van der Waals surface area contributed by atoms with Crippen LogP contribution in [0.3, 0.4) is 0 Å². The maximum atomic E-state index is 12.7. The SMILES string of the molecule is CC1(c2cccc(Cl)c2)NC(=O)N(CCn2cncn2)C1=O. The van der Waals surface area contributed by atoms with Gasteiger partial charge in [-0.15, -0.1) is 0 Å². The Morgan fingerprint density at radius 1 is 1.32 bits per heavy atom. The first-order chi connectivity index (χ1) is 10.5. The van der Waals surface area contributed by atoms with Gasteiger partial charge in [-0.25, -0.2) is 9.78 Å². The summed E-state index contributed by atoms with van der Waals surface area (Å²) < 4.78 is 1.57. The molecule has 2 aromatic rings. The number of carbonyl (C=O) groups is 2. The molecular weight excluding hydrogens is 306 g/mol. The minimum absolute atomic E-state index is 0.226. The molecule has 1 aromatic heterocycles. The van der Waals surface area contributed by atoms with Crippen molar-refractivity contribution in [2.45, 2.75) is 19.0 Å². The molecule has 0 spiro atoms. The van der Waals surface area contributed by atoms with Crippen LogP contribution in [-0.4, -0.2) is 38.1 Å². The topological polar surface area (TPSA) is 80.1 Å². The van der Waals surface area contributed by atoms with E-state index in [2.05, 4.69) is 15.4 Å². The molecule has 1 atom stereocenters. The fraction of sp³-hybridized carbons (Fsp3) is 0.286. The average molecular weight is 320 g/mol. The third-order valence-electron chi connectivity index (χ3n) is 3.70. The molecule has 114 valence electrons. The first-order valence-electron chi connectivity index (χ1n) is 6.73. The third kappa shape index (κ3) is 2.43. The molecule has 1 saturated heterocycles. The number of carbonyl (C=O) groups excluding carboxylic acids is 2. The summed E-state index contributed by atoms with van der Waals surface area (Å²) in [6, 6.07) is 6.50. The van der Waals surface area contributed by atoms with Crippen molar-refractivity contribution in [3.8, 4) is 0 Å². The van der Waals surface area contributed by atoms with Crippen LogP contribution in [0.25, 0.3) is 0 Å². The summed E-state index contributed by atoms with van der Waals surface area (Å²) in [5.41, 5.74) is -0.453. The van der Waals surface area contributed by atoms with Crippen LogP contribution >= 0.6 is 11.6 Å². The molecular formula is C14H14ClN5O2. The van der Waals surface area contributed by atoms with Crippen molar-refractivity contribution in [1.82, 2.24) is 25.0 Å². The summed E-state index contributed by atoms with van der Waals surface area (Å²) in [5, 5.41) is 7.20. The molecule has 0 aliphatic carbocycles. The number of amides is 3. The van der Waals surface area contributed by atoms with Crippen molar-refractivity contribution < 1.29 is 9.59 Å². The zero-order valence-electron chi connectivity index (χ0n) is 11.9. The van der Waals surface area contributed by atoms with E-state index in [9.17, 15) is 9.59 Å². The minimum atomic E-state index is -1.11. The van der Waals surface area contributed by atoms with Gasteiger partial charge >= 0.3 is 6.03 Å². The number of halogens is 1. The van der Waals surface area contributed by atoms with E-state index in [0.717, 1.165) is 0 Å². The van der Waals surface area contributed by atoms with E-state index in [4.69, 9.17) is 11.6 Å². The van der Waals surface area contributed by atoms with Crippen molar-refractivity contribution in [3.05, 3.63) is 47.5 Å². The normalized spacial score (nSPS) is 21.3. The molecule has 8 heteroatoms. The molecule has 0 bridgehead atoms. The second-order valence-corrected chi connectivity index (χ2v) is 5.62. The van der Waals surface area contributed by atoms with Crippen molar-refractivity contribution in [2.24, 2.45) is 0 Å². The van der Waals surface area contributed by atoms with Gasteiger partial charge in [-0.05, 0) is 24.6 Å². The van der Waals surface area contributed by atoms with Crippen LogP contribution < -0.4 is 5.32 Å². The predicted molar refractivity (Wildman–Crippen MR) is 79.1 cm³/mol. The molecule has 3 rings (SSSR count). The summed E-state index contributed by atoms with van der Waals surface area (Å²) in [4.78, 5) is 29.8. The Hall–Kier alpha value is -2.41. The van der Waals surface area contributed by atoms with Crippen molar-refractivity contribution >= 4 is 23.5 Å². The maximum absolute atomic E-state index is 12.7. The molecule has 1 unspecified atom stereocenters. The van der Waals surface area contributed by atoms with Gasteiger partial charge in [0, 0.05) is 5.02 Å². The molecule has 3 amide bonds. The zero-order chi connectivity index (χ0) is 15.7. The molecule has 1 aliphatic heterocycles. The number of rotatable bonds is 4. The van der Waals surface area contributed by atoms with Crippen LogP contribution in [-0.2, 0) is 16.9 Å². The Morgan fingerprint density at radius 3 is 2.82 bits per heavy atom. The molecule has 0 radical (unpaired) electrons. The Morgan fingerprint density at radius 2 is 2.14 bits per heavy atom. The molecule has 2 heterocycles. The zero-order valence-corrected chi connectivity index (χ0v) is 12.6. The Kier molecular flexibility index (Phi) is 3.58. The van der Waals surface area contributed by atoms with Crippen LogP contribution in [0.1, 0.15) is 12.5 Å². The van der Waals surface area contributed by atoms with Gasteiger partial charge in [-0.3, -0.25) is 14.4 Å². The third-order valence-corrected chi connectivity index (χ3v) is 3.93. The van der Waals surface area contributed by atoms with Gasteiger partial charge in [0.25, 0.3) is 5.91 Å². The lowest BCUT2D eigenvalue weighted by Crippen LogP contribution is -2.41. The summed E-state index contributed by atoms with van der Waals surface area (Å²) in [6.07, 6.45) is 2.94. The number of urea groups is 1. The highest BCUT2D eigenvalue weighted by Gasteiger charge is 2.48. The van der Waals surface area contributed by atoms with Gasteiger partial charge < -0.3 is 5.32 Å². The maximum Gasteiger partial charge on any atom is 0.325 e. The molecule has 1 N–H and O–H groups in total. The number of nitrogens with zero attached hydrogens (tertiary/aromatic N) is 4. The van der Waals surface area contributed by atoms with E-state index >= 15 is 0 Å². The second-order valence-electron chi connectivity index (χ2n) is 5.18. The first kappa shape index (κ1) is 14.5. The highest BCUT2D eigenvalue weighted by atomic mass is 35.5. The summed E-state index contributed by atoms with van der Waals surface area (Å²) in [6.45, 7) is 2.29. The lowest BCUT2D eigenvalue weighted by atomic mass is 9.92. The molecule has 22 heavy (non-hydrogen) atoms. The van der Waals surface area contributed by atoms with Gasteiger partial charge in [0.1, 0.15) is 18.2 Å². The lowest BCUT2D eigenvalue weighted by molar-refractivity contribution is -0.131. The molecule has 7 nitrogen and oxygen atoms in total. The van der Waals surface area contributed by atoms with E-state index in [-0.39, 0.29) is 12.5 Å². The van der Waals surface area contributed by atoms with Gasteiger partial charge in [-0.1, -0.05) is 23.7 Å². The largest absolute Gasteiger partial charge is 0.325 e. The monoisotopic (exact) mass is 319 g/mol. The standard InChI is InChI=1S/C14H14ClN5O2/c1-14(10-3-2-4-11(15)7-10)12(21)20(13(22)18-14)6-5-19-9-16-8-17-19/h2-4,7-9H,5-6H2,1H3,(H,18,22). The van der Waals surface area contributed by atoms with E-state index in [0.29, 0.717) is 17.1 Å². The molecule has 1 aromatic carbocycles. The number of nitrogens with one attached hydrogen (secondary N) is 1. The number of aromatic nitrogens is 3. The molecule has 1 fully saturated rings. The van der Waals surface area contributed by atoms with Crippen molar-refractivity contribution in [1.29, 1.82) is 0 Å². The summed E-state index contributed by atoms with van der Waals surface area (Å²) >= 11 is 5.98. The fourth-order valence-electron chi connectivity index (χ4n) is 2.45. The number of hydrogen-bond donors (Lipinski definition) is 1. The minimum Gasteiger partial charge on any atom is -0.319 e. The van der Waals surface area contributed by atoms with Gasteiger partial charge in [-0.2, -0.15) is 5.10 Å². The van der Waals surface area contributed by atoms with Gasteiger partial charge in [0.2, 0.25) is 0 Å². The van der Waals surface area contributed by atoms with Gasteiger partial charge in [0.05, 0.1) is 13.1 Å². The Balaban J connectivity index is 1.81. The van der Waals surface area contributed by atoms with E-state index < -0.39 is 11.6 Å².